The Bertz CT molecular complexity index is 1070. The van der Waals surface area contributed by atoms with E-state index in [4.69, 9.17) is 11.6 Å². The standard InChI is InChI=1S/C21H14ClFN2O3/c22-12-4-1-10(2-5-12)19(26)18-17-16(20(27)24-21(17)28)15-7-3-11-9-13(23)6-8-14(11)25(15)18/h1-9,15-18H,(H,24,27,28)/t15-,16-,17+,18+/m1/s1. The minimum Gasteiger partial charge on any atom is -0.352 e. The lowest BCUT2D eigenvalue weighted by atomic mass is 9.86. The molecule has 1 N–H and O–H groups in total. The third kappa shape index (κ3) is 2.34. The first-order chi connectivity index (χ1) is 13.5. The van der Waals surface area contributed by atoms with Gasteiger partial charge in [0.2, 0.25) is 11.8 Å². The molecule has 0 aromatic heterocycles. The van der Waals surface area contributed by atoms with Gasteiger partial charge in [0.1, 0.15) is 11.9 Å². The van der Waals surface area contributed by atoms with E-state index in [-0.39, 0.29) is 11.7 Å². The summed E-state index contributed by atoms with van der Waals surface area (Å²) < 4.78 is 13.7. The number of carbonyl (C=O) groups excluding carboxylic acids is 3. The van der Waals surface area contributed by atoms with Crippen molar-refractivity contribution in [1.29, 1.82) is 0 Å². The molecule has 7 heteroatoms. The molecule has 4 atom stereocenters. The van der Waals surface area contributed by atoms with Gasteiger partial charge in [0.05, 0.1) is 17.9 Å². The van der Waals surface area contributed by atoms with Gasteiger partial charge in [0, 0.05) is 21.8 Å². The molecule has 0 saturated carbocycles. The first-order valence-electron chi connectivity index (χ1n) is 8.86. The highest BCUT2D eigenvalue weighted by molar-refractivity contribution is 6.30. The highest BCUT2D eigenvalue weighted by Crippen LogP contribution is 2.47. The maximum Gasteiger partial charge on any atom is 0.233 e. The summed E-state index contributed by atoms with van der Waals surface area (Å²) in [5.74, 6) is -2.97. The number of nitrogens with zero attached hydrogens (tertiary/aromatic N) is 1. The quantitative estimate of drug-likeness (QED) is 0.626. The van der Waals surface area contributed by atoms with Gasteiger partial charge in [-0.1, -0.05) is 23.8 Å². The number of Topliss-reactive ketones (excluding diaryl/α,β-unsaturated/α-hetero) is 1. The van der Waals surface area contributed by atoms with E-state index in [1.807, 2.05) is 0 Å². The number of ketones is 1. The summed E-state index contributed by atoms with van der Waals surface area (Å²) in [4.78, 5) is 40.2. The Labute approximate surface area is 164 Å². The van der Waals surface area contributed by atoms with E-state index < -0.39 is 35.6 Å². The summed E-state index contributed by atoms with van der Waals surface area (Å²) in [5, 5.41) is 2.85. The number of hydrogen-bond donors (Lipinski definition) is 1. The summed E-state index contributed by atoms with van der Waals surface area (Å²) in [6.07, 6.45) is 3.51. The van der Waals surface area contributed by atoms with Crippen molar-refractivity contribution in [2.24, 2.45) is 11.8 Å². The third-order valence-electron chi connectivity index (χ3n) is 5.71. The van der Waals surface area contributed by atoms with Gasteiger partial charge in [-0.25, -0.2) is 4.39 Å². The predicted molar refractivity (Wildman–Crippen MR) is 101 cm³/mol. The van der Waals surface area contributed by atoms with Crippen molar-refractivity contribution >= 4 is 41.0 Å². The molecule has 0 spiro atoms. The molecule has 2 amide bonds. The fourth-order valence-corrected chi connectivity index (χ4v) is 4.67. The summed E-state index contributed by atoms with van der Waals surface area (Å²) in [6, 6.07) is 9.40. The number of benzene rings is 2. The maximum absolute atomic E-state index is 13.7. The number of anilines is 1. The topological polar surface area (TPSA) is 66.5 Å². The molecule has 3 aliphatic heterocycles. The highest BCUT2D eigenvalue weighted by Gasteiger charge is 2.61. The number of carbonyl (C=O) groups is 3. The summed E-state index contributed by atoms with van der Waals surface area (Å²) in [7, 11) is 0. The number of fused-ring (bicyclic) bond motifs is 5. The number of amides is 2. The average molecular weight is 397 g/mol. The van der Waals surface area contributed by atoms with E-state index in [1.54, 1.807) is 47.4 Å². The monoisotopic (exact) mass is 396 g/mol. The zero-order valence-corrected chi connectivity index (χ0v) is 15.2. The van der Waals surface area contributed by atoms with Crippen LogP contribution in [0.3, 0.4) is 0 Å². The molecular weight excluding hydrogens is 383 g/mol. The molecule has 2 fully saturated rings. The van der Waals surface area contributed by atoms with Crippen molar-refractivity contribution in [1.82, 2.24) is 5.32 Å². The van der Waals surface area contributed by atoms with E-state index in [0.717, 1.165) is 0 Å². The second-order valence-electron chi connectivity index (χ2n) is 7.18. The predicted octanol–water partition coefficient (Wildman–Crippen LogP) is 2.83. The minimum absolute atomic E-state index is 0.274. The first kappa shape index (κ1) is 17.1. The molecule has 0 radical (unpaired) electrons. The lowest BCUT2D eigenvalue weighted by Crippen LogP contribution is -2.47. The molecule has 0 bridgehead atoms. The van der Waals surface area contributed by atoms with Gasteiger partial charge >= 0.3 is 0 Å². The zero-order valence-electron chi connectivity index (χ0n) is 14.4. The van der Waals surface area contributed by atoms with Gasteiger partial charge in [0.15, 0.2) is 5.78 Å². The third-order valence-corrected chi connectivity index (χ3v) is 5.96. The molecule has 140 valence electrons. The van der Waals surface area contributed by atoms with Crippen molar-refractivity contribution in [2.75, 3.05) is 4.90 Å². The van der Waals surface area contributed by atoms with Crippen LogP contribution in [-0.2, 0) is 9.59 Å². The van der Waals surface area contributed by atoms with Crippen molar-refractivity contribution in [2.45, 2.75) is 12.1 Å². The van der Waals surface area contributed by atoms with Crippen LogP contribution < -0.4 is 10.2 Å². The number of rotatable bonds is 2. The minimum atomic E-state index is -0.864. The van der Waals surface area contributed by atoms with Crippen molar-refractivity contribution < 1.29 is 18.8 Å². The lowest BCUT2D eigenvalue weighted by molar-refractivity contribution is -0.126. The van der Waals surface area contributed by atoms with Gasteiger partial charge in [-0.3, -0.25) is 19.7 Å². The highest BCUT2D eigenvalue weighted by atomic mass is 35.5. The molecule has 5 rings (SSSR count). The second-order valence-corrected chi connectivity index (χ2v) is 7.62. The van der Waals surface area contributed by atoms with Gasteiger partial charge in [-0.15, -0.1) is 0 Å². The molecular formula is C21H14ClFN2O3. The molecule has 2 aromatic rings. The lowest BCUT2D eigenvalue weighted by Gasteiger charge is -2.35. The summed E-state index contributed by atoms with van der Waals surface area (Å²) in [6.45, 7) is 0. The van der Waals surface area contributed by atoms with Crippen LogP contribution in [0.2, 0.25) is 5.02 Å². The number of halogens is 2. The van der Waals surface area contributed by atoms with Crippen LogP contribution >= 0.6 is 11.6 Å². The number of imide groups is 1. The van der Waals surface area contributed by atoms with Crippen LogP contribution in [0.1, 0.15) is 15.9 Å². The molecule has 2 aromatic carbocycles. The van der Waals surface area contributed by atoms with Crippen LogP contribution in [0.25, 0.3) is 6.08 Å². The fourth-order valence-electron chi connectivity index (χ4n) is 4.55. The van der Waals surface area contributed by atoms with Gasteiger partial charge in [0.25, 0.3) is 0 Å². The Morgan fingerprint density at radius 2 is 1.75 bits per heavy atom. The molecule has 5 nitrogen and oxygen atoms in total. The number of nitrogens with one attached hydrogen (secondary N) is 1. The molecule has 28 heavy (non-hydrogen) atoms. The Morgan fingerprint density at radius 1 is 1.04 bits per heavy atom. The molecule has 3 heterocycles. The van der Waals surface area contributed by atoms with E-state index in [2.05, 4.69) is 5.32 Å². The SMILES string of the molecule is O=C1NC(=O)[C@H]2[C@H]1[C@H]1C=Cc3cc(F)ccc3N1[C@@H]2C(=O)c1ccc(Cl)cc1. The maximum atomic E-state index is 13.7. The van der Waals surface area contributed by atoms with Gasteiger partial charge in [-0.05, 0) is 42.5 Å². The first-order valence-corrected chi connectivity index (χ1v) is 9.24. The van der Waals surface area contributed by atoms with Gasteiger partial charge in [-0.2, -0.15) is 0 Å². The van der Waals surface area contributed by atoms with Crippen molar-refractivity contribution in [3.8, 4) is 0 Å². The molecule has 2 saturated heterocycles. The summed E-state index contributed by atoms with van der Waals surface area (Å²) in [5.41, 5.74) is 1.65. The van der Waals surface area contributed by atoms with Crippen LogP contribution in [0.4, 0.5) is 10.1 Å². The van der Waals surface area contributed by atoms with Crippen LogP contribution in [-0.4, -0.2) is 29.7 Å². The number of hydrogen-bond acceptors (Lipinski definition) is 4. The Hall–Kier alpha value is -2.99. The Kier molecular flexibility index (Phi) is 3.67. The van der Waals surface area contributed by atoms with Crippen LogP contribution in [0.5, 0.6) is 0 Å². The largest absolute Gasteiger partial charge is 0.352 e. The van der Waals surface area contributed by atoms with Crippen molar-refractivity contribution in [3.05, 3.63) is 70.5 Å². The summed E-state index contributed by atoms with van der Waals surface area (Å²) >= 11 is 5.92. The Morgan fingerprint density at radius 3 is 2.50 bits per heavy atom. The van der Waals surface area contributed by atoms with E-state index in [1.165, 1.54) is 12.1 Å². The molecule has 0 unspecified atom stereocenters. The van der Waals surface area contributed by atoms with Crippen LogP contribution in [0.15, 0.2) is 48.5 Å². The smallest absolute Gasteiger partial charge is 0.233 e. The normalized spacial score (nSPS) is 27.3. The second kappa shape index (κ2) is 6.01. The fraction of sp³-hybridized carbons (Fsp3) is 0.190. The molecule has 0 aliphatic carbocycles. The van der Waals surface area contributed by atoms with E-state index >= 15 is 0 Å². The molecule has 3 aliphatic rings. The average Bonchev–Trinajstić information content (AvgIpc) is 3.17. The van der Waals surface area contributed by atoms with Gasteiger partial charge < -0.3 is 4.90 Å². The zero-order chi connectivity index (χ0) is 19.6. The van der Waals surface area contributed by atoms with Crippen molar-refractivity contribution in [3.63, 3.8) is 0 Å². The van der Waals surface area contributed by atoms with E-state index in [0.29, 0.717) is 21.8 Å². The van der Waals surface area contributed by atoms with Crippen LogP contribution in [0, 0.1) is 17.7 Å². The Balaban J connectivity index is 1.66. The van der Waals surface area contributed by atoms with E-state index in [9.17, 15) is 18.8 Å².